The molecule has 0 aliphatic rings. The van der Waals surface area contributed by atoms with E-state index in [-0.39, 0.29) is 10.6 Å². The molecule has 0 amide bonds. The zero-order chi connectivity index (χ0) is 19.4. The Morgan fingerprint density at radius 1 is 0.963 bits per heavy atom. The fraction of sp³-hybridized carbons (Fsp3) is 0.158. The number of nitrogens with zero attached hydrogens (tertiary/aromatic N) is 2. The summed E-state index contributed by atoms with van der Waals surface area (Å²) in [5.41, 5.74) is 2.44. The van der Waals surface area contributed by atoms with E-state index in [9.17, 15) is 8.42 Å². The Kier molecular flexibility index (Phi) is 5.62. The summed E-state index contributed by atoms with van der Waals surface area (Å²) in [6.07, 6.45) is 1.43. The van der Waals surface area contributed by atoms with Gasteiger partial charge in [-0.2, -0.15) is 0 Å². The highest BCUT2D eigenvalue weighted by Gasteiger charge is 2.13. The van der Waals surface area contributed by atoms with Crippen molar-refractivity contribution in [2.75, 3.05) is 16.4 Å². The Morgan fingerprint density at radius 3 is 2.30 bits per heavy atom. The van der Waals surface area contributed by atoms with Gasteiger partial charge in [-0.05, 0) is 48.9 Å². The number of aryl methyl sites for hydroxylation is 1. The minimum absolute atomic E-state index is 0.0537. The van der Waals surface area contributed by atoms with Crippen LogP contribution in [0.1, 0.15) is 12.5 Å². The largest absolute Gasteiger partial charge is 0.340 e. The molecule has 0 aliphatic heterocycles. The number of sulfone groups is 1. The summed E-state index contributed by atoms with van der Waals surface area (Å²) in [5.74, 6) is 1.21. The summed E-state index contributed by atoms with van der Waals surface area (Å²) < 4.78 is 24.3. The Hall–Kier alpha value is -2.64. The second-order valence-corrected chi connectivity index (χ2v) is 8.64. The number of hydrogen-bond donors (Lipinski definition) is 2. The molecule has 0 bridgehead atoms. The van der Waals surface area contributed by atoms with Crippen molar-refractivity contribution in [2.24, 2.45) is 0 Å². The van der Waals surface area contributed by atoms with Crippen LogP contribution in [0.15, 0.2) is 59.8 Å². The summed E-state index contributed by atoms with van der Waals surface area (Å²) in [6.45, 7) is 3.53. The van der Waals surface area contributed by atoms with Gasteiger partial charge in [0, 0.05) is 22.5 Å². The van der Waals surface area contributed by atoms with Crippen LogP contribution >= 0.6 is 11.6 Å². The van der Waals surface area contributed by atoms with Gasteiger partial charge in [0.15, 0.2) is 9.84 Å². The third kappa shape index (κ3) is 4.75. The molecular weight excluding hydrogens is 384 g/mol. The Balaban J connectivity index is 1.84. The minimum Gasteiger partial charge on any atom is -0.340 e. The minimum atomic E-state index is -3.28. The zero-order valence-corrected chi connectivity index (χ0v) is 16.5. The summed E-state index contributed by atoms with van der Waals surface area (Å²) in [4.78, 5) is 8.69. The number of rotatable bonds is 6. The number of nitrogens with one attached hydrogen (secondary N) is 2. The van der Waals surface area contributed by atoms with Crippen LogP contribution in [-0.4, -0.2) is 24.1 Å². The molecule has 3 rings (SSSR count). The van der Waals surface area contributed by atoms with Crippen LogP contribution in [0.25, 0.3) is 0 Å². The highest BCUT2D eigenvalue weighted by atomic mass is 35.5. The van der Waals surface area contributed by atoms with Gasteiger partial charge < -0.3 is 10.6 Å². The van der Waals surface area contributed by atoms with Crippen molar-refractivity contribution in [2.45, 2.75) is 18.7 Å². The summed E-state index contributed by atoms with van der Waals surface area (Å²) in [5, 5.41) is 6.99. The second-order valence-electron chi connectivity index (χ2n) is 5.93. The molecule has 0 radical (unpaired) electrons. The van der Waals surface area contributed by atoms with Gasteiger partial charge in [-0.15, -0.1) is 0 Å². The van der Waals surface area contributed by atoms with Crippen LogP contribution < -0.4 is 10.6 Å². The number of anilines is 4. The lowest BCUT2D eigenvalue weighted by molar-refractivity contribution is 0.597. The lowest BCUT2D eigenvalue weighted by atomic mass is 10.2. The van der Waals surface area contributed by atoms with Gasteiger partial charge in [-0.1, -0.05) is 24.6 Å². The van der Waals surface area contributed by atoms with Gasteiger partial charge in [0.05, 0.1) is 10.6 Å². The highest BCUT2D eigenvalue weighted by Crippen LogP contribution is 2.25. The third-order valence-corrected chi connectivity index (χ3v) is 5.98. The molecule has 0 spiro atoms. The summed E-state index contributed by atoms with van der Waals surface area (Å²) in [7, 11) is -3.28. The van der Waals surface area contributed by atoms with Crippen molar-refractivity contribution in [1.82, 2.24) is 9.97 Å². The van der Waals surface area contributed by atoms with E-state index in [1.807, 2.05) is 19.1 Å². The van der Waals surface area contributed by atoms with Crippen LogP contribution in [0.2, 0.25) is 5.02 Å². The molecule has 1 heterocycles. The van der Waals surface area contributed by atoms with E-state index >= 15 is 0 Å². The van der Waals surface area contributed by atoms with Gasteiger partial charge in [0.2, 0.25) is 0 Å². The number of halogens is 1. The van der Waals surface area contributed by atoms with E-state index in [1.54, 1.807) is 43.3 Å². The first kappa shape index (κ1) is 19.1. The molecule has 0 aliphatic carbocycles. The first-order valence-electron chi connectivity index (χ1n) is 8.32. The van der Waals surface area contributed by atoms with E-state index in [2.05, 4.69) is 20.6 Å². The lowest BCUT2D eigenvalue weighted by Gasteiger charge is -2.12. The molecule has 0 atom stereocenters. The van der Waals surface area contributed by atoms with E-state index in [1.165, 1.54) is 6.33 Å². The van der Waals surface area contributed by atoms with Crippen LogP contribution in [0.4, 0.5) is 23.0 Å². The molecule has 1 aromatic heterocycles. The monoisotopic (exact) mass is 402 g/mol. The molecule has 3 aromatic rings. The zero-order valence-electron chi connectivity index (χ0n) is 14.9. The maximum atomic E-state index is 12.1. The van der Waals surface area contributed by atoms with Crippen LogP contribution in [0.5, 0.6) is 0 Å². The Bertz CT molecular complexity index is 1050. The lowest BCUT2D eigenvalue weighted by Crippen LogP contribution is -2.05. The van der Waals surface area contributed by atoms with Gasteiger partial charge in [-0.25, -0.2) is 18.4 Å². The fourth-order valence-electron chi connectivity index (χ4n) is 2.41. The number of benzene rings is 2. The van der Waals surface area contributed by atoms with Crippen LogP contribution in [0, 0.1) is 6.92 Å². The topological polar surface area (TPSA) is 84.0 Å². The van der Waals surface area contributed by atoms with Crippen LogP contribution in [0.3, 0.4) is 0 Å². The first-order valence-corrected chi connectivity index (χ1v) is 10.4. The number of hydrogen-bond acceptors (Lipinski definition) is 6. The average molecular weight is 403 g/mol. The van der Waals surface area contributed by atoms with E-state index in [0.29, 0.717) is 22.3 Å². The van der Waals surface area contributed by atoms with E-state index in [4.69, 9.17) is 11.6 Å². The maximum Gasteiger partial charge on any atom is 0.178 e. The van der Waals surface area contributed by atoms with Crippen molar-refractivity contribution in [3.63, 3.8) is 0 Å². The first-order chi connectivity index (χ1) is 12.9. The van der Waals surface area contributed by atoms with Crippen LogP contribution in [-0.2, 0) is 9.84 Å². The Morgan fingerprint density at radius 2 is 1.63 bits per heavy atom. The predicted molar refractivity (Wildman–Crippen MR) is 109 cm³/mol. The molecule has 6 nitrogen and oxygen atoms in total. The molecule has 0 fully saturated rings. The van der Waals surface area contributed by atoms with Crippen molar-refractivity contribution >= 4 is 44.4 Å². The molecular formula is C19H19ClN4O2S. The molecule has 0 saturated carbocycles. The quantitative estimate of drug-likeness (QED) is 0.620. The summed E-state index contributed by atoms with van der Waals surface area (Å²) >= 11 is 5.89. The van der Waals surface area contributed by atoms with Crippen molar-refractivity contribution in [3.8, 4) is 0 Å². The maximum absolute atomic E-state index is 12.1. The SMILES string of the molecule is CCS(=O)(=O)c1ccc(C)c(Nc2cc(Nc3ccc(Cl)cc3)ncn2)c1. The molecule has 140 valence electrons. The van der Waals surface area contributed by atoms with Crippen molar-refractivity contribution in [1.29, 1.82) is 0 Å². The van der Waals surface area contributed by atoms with Crippen molar-refractivity contribution in [3.05, 3.63) is 65.4 Å². The van der Waals surface area contributed by atoms with Crippen molar-refractivity contribution < 1.29 is 8.42 Å². The van der Waals surface area contributed by atoms with Gasteiger partial charge in [-0.3, -0.25) is 0 Å². The fourth-order valence-corrected chi connectivity index (χ4v) is 3.44. The molecule has 0 saturated heterocycles. The predicted octanol–water partition coefficient (Wildman–Crippen LogP) is 4.72. The molecule has 8 heteroatoms. The average Bonchev–Trinajstić information content (AvgIpc) is 2.65. The van der Waals surface area contributed by atoms with E-state index in [0.717, 1.165) is 11.3 Å². The number of aromatic nitrogens is 2. The molecule has 0 unspecified atom stereocenters. The third-order valence-electron chi connectivity index (χ3n) is 3.99. The normalized spacial score (nSPS) is 11.2. The van der Waals surface area contributed by atoms with Gasteiger partial charge >= 0.3 is 0 Å². The van der Waals surface area contributed by atoms with E-state index < -0.39 is 9.84 Å². The van der Waals surface area contributed by atoms with Gasteiger partial charge in [0.25, 0.3) is 0 Å². The standard InChI is InChI=1S/C19H19ClN4O2S/c1-3-27(25,26)16-9-4-13(2)17(10-16)24-19-11-18(21-12-22-19)23-15-7-5-14(20)6-8-15/h4-12H,3H2,1-2H3,(H2,21,22,23,24). The smallest absolute Gasteiger partial charge is 0.178 e. The second kappa shape index (κ2) is 7.94. The highest BCUT2D eigenvalue weighted by molar-refractivity contribution is 7.91. The Labute approximate surface area is 163 Å². The molecule has 2 aromatic carbocycles. The molecule has 27 heavy (non-hydrogen) atoms. The molecule has 2 N–H and O–H groups in total. The van der Waals surface area contributed by atoms with Gasteiger partial charge in [0.1, 0.15) is 18.0 Å². The summed E-state index contributed by atoms with van der Waals surface area (Å²) in [6, 6.07) is 14.0.